The van der Waals surface area contributed by atoms with E-state index in [1.165, 1.54) is 0 Å². The summed E-state index contributed by atoms with van der Waals surface area (Å²) in [4.78, 5) is 0. The first-order valence-corrected chi connectivity index (χ1v) is 8.41. The zero-order chi connectivity index (χ0) is 15.4. The van der Waals surface area contributed by atoms with Crippen LogP contribution in [0.5, 0.6) is 0 Å². The average molecular weight is 320 g/mol. The molecule has 0 aliphatic carbocycles. The summed E-state index contributed by atoms with van der Waals surface area (Å²) >= 11 is 0. The van der Waals surface area contributed by atoms with Gasteiger partial charge in [0.2, 0.25) is 0 Å². The third-order valence-electron chi connectivity index (χ3n) is 4.59. The molecule has 1 aromatic carbocycles. The molecule has 2 heterocycles. The second-order valence-electron chi connectivity index (χ2n) is 6.05. The third kappa shape index (κ3) is 2.36. The summed E-state index contributed by atoms with van der Waals surface area (Å²) in [6.45, 7) is 0. The Morgan fingerprint density at radius 3 is 2.24 bits per heavy atom. The van der Waals surface area contributed by atoms with Crippen LogP contribution in [0, 0.1) is 17.5 Å². The fourth-order valence-electron chi connectivity index (χ4n) is 3.54. The van der Waals surface area contributed by atoms with Crippen molar-refractivity contribution >= 4 is 9.84 Å². The molecule has 2 saturated heterocycles. The van der Waals surface area contributed by atoms with E-state index in [1.54, 1.807) is 0 Å². The van der Waals surface area contributed by atoms with E-state index in [0.29, 0.717) is 12.8 Å². The Kier molecular flexibility index (Phi) is 3.33. The van der Waals surface area contributed by atoms with Crippen molar-refractivity contribution in [1.29, 1.82) is 0 Å². The van der Waals surface area contributed by atoms with Gasteiger partial charge in [-0.25, -0.2) is 21.6 Å². The summed E-state index contributed by atoms with van der Waals surface area (Å²) in [5.74, 6) is -4.17. The van der Waals surface area contributed by atoms with Crippen LogP contribution < -0.4 is 0 Å². The highest BCUT2D eigenvalue weighted by atomic mass is 32.2. The highest BCUT2D eigenvalue weighted by Gasteiger charge is 2.52. The third-order valence-corrected chi connectivity index (χ3v) is 7.25. The number of hydrogen-bond acceptors (Lipinski definition) is 3. The van der Waals surface area contributed by atoms with Gasteiger partial charge >= 0.3 is 0 Å². The Labute approximate surface area is 120 Å². The van der Waals surface area contributed by atoms with Crippen molar-refractivity contribution in [2.24, 2.45) is 0 Å². The van der Waals surface area contributed by atoms with E-state index in [2.05, 4.69) is 0 Å². The van der Waals surface area contributed by atoms with Gasteiger partial charge in [-0.15, -0.1) is 0 Å². The van der Waals surface area contributed by atoms with E-state index < -0.39 is 43.4 Å². The lowest BCUT2D eigenvalue weighted by molar-refractivity contribution is 0.0210. The molecule has 0 spiro atoms. The fourth-order valence-corrected chi connectivity index (χ4v) is 6.10. The van der Waals surface area contributed by atoms with Gasteiger partial charge in [-0.2, -0.15) is 0 Å². The lowest BCUT2D eigenvalue weighted by Gasteiger charge is -2.36. The molecule has 2 bridgehead atoms. The lowest BCUT2D eigenvalue weighted by atomic mass is 9.86. The fraction of sp³-hybridized carbons (Fsp3) is 0.571. The molecular formula is C14H15F3O3S. The predicted molar refractivity (Wildman–Crippen MR) is 69.9 cm³/mol. The first-order valence-electron chi connectivity index (χ1n) is 6.80. The van der Waals surface area contributed by atoms with Crippen LogP contribution in [0.4, 0.5) is 13.2 Å². The molecule has 0 radical (unpaired) electrons. The Balaban J connectivity index is 1.88. The largest absolute Gasteiger partial charge is 0.389 e. The maximum atomic E-state index is 13.7. The van der Waals surface area contributed by atoms with E-state index in [4.69, 9.17) is 0 Å². The number of aliphatic hydroxyl groups is 1. The summed E-state index contributed by atoms with van der Waals surface area (Å²) in [5.41, 5.74) is -1.52. The highest BCUT2D eigenvalue weighted by Crippen LogP contribution is 2.44. The van der Waals surface area contributed by atoms with Crippen molar-refractivity contribution in [3.63, 3.8) is 0 Å². The van der Waals surface area contributed by atoms with Gasteiger partial charge in [0.05, 0.1) is 16.1 Å². The van der Waals surface area contributed by atoms with Crippen LogP contribution in [0.15, 0.2) is 12.1 Å². The number of sulfone groups is 1. The van der Waals surface area contributed by atoms with Crippen molar-refractivity contribution in [3.05, 3.63) is 35.1 Å². The van der Waals surface area contributed by atoms with Crippen LogP contribution in [-0.4, -0.2) is 29.6 Å². The van der Waals surface area contributed by atoms with Gasteiger partial charge < -0.3 is 5.11 Å². The zero-order valence-corrected chi connectivity index (χ0v) is 12.0. The van der Waals surface area contributed by atoms with E-state index in [0.717, 1.165) is 12.1 Å². The Morgan fingerprint density at radius 1 is 1.10 bits per heavy atom. The molecule has 1 N–H and O–H groups in total. The summed E-state index contributed by atoms with van der Waals surface area (Å²) in [6.07, 6.45) is 0.818. The molecule has 0 saturated carbocycles. The van der Waals surface area contributed by atoms with Gasteiger partial charge in [0.1, 0.15) is 0 Å². The van der Waals surface area contributed by atoms with Crippen molar-refractivity contribution in [2.75, 3.05) is 0 Å². The van der Waals surface area contributed by atoms with Crippen molar-refractivity contribution < 1.29 is 26.7 Å². The normalized spacial score (nSPS) is 34.1. The molecule has 0 amide bonds. The Hall–Kier alpha value is -1.08. The highest BCUT2D eigenvalue weighted by molar-refractivity contribution is 7.93. The van der Waals surface area contributed by atoms with Crippen LogP contribution in [0.3, 0.4) is 0 Å². The number of fused-ring (bicyclic) bond motifs is 2. The number of halogens is 3. The van der Waals surface area contributed by atoms with Crippen LogP contribution in [0.2, 0.25) is 0 Å². The average Bonchev–Trinajstić information content (AvgIpc) is 2.60. The van der Waals surface area contributed by atoms with Crippen LogP contribution in [0.25, 0.3) is 0 Å². The van der Waals surface area contributed by atoms with Crippen molar-refractivity contribution in [1.82, 2.24) is 0 Å². The van der Waals surface area contributed by atoms with E-state index in [9.17, 15) is 26.7 Å². The van der Waals surface area contributed by atoms with Crippen LogP contribution in [0.1, 0.15) is 31.2 Å². The summed E-state index contributed by atoms with van der Waals surface area (Å²) < 4.78 is 63.8. The molecule has 2 atom stereocenters. The van der Waals surface area contributed by atoms with Crippen molar-refractivity contribution in [2.45, 2.75) is 48.2 Å². The minimum atomic E-state index is -3.21. The monoisotopic (exact) mass is 320 g/mol. The van der Waals surface area contributed by atoms with Gasteiger partial charge in [0.15, 0.2) is 27.3 Å². The van der Waals surface area contributed by atoms with E-state index >= 15 is 0 Å². The lowest BCUT2D eigenvalue weighted by Crippen LogP contribution is -2.46. The topological polar surface area (TPSA) is 54.4 Å². The maximum absolute atomic E-state index is 13.7. The van der Waals surface area contributed by atoms with Crippen molar-refractivity contribution in [3.8, 4) is 0 Å². The molecule has 3 rings (SSSR count). The Bertz CT molecular complexity index is 667. The molecule has 2 fully saturated rings. The quantitative estimate of drug-likeness (QED) is 0.849. The first-order chi connectivity index (χ1) is 9.73. The molecule has 7 heteroatoms. The zero-order valence-electron chi connectivity index (χ0n) is 11.2. The van der Waals surface area contributed by atoms with Crippen LogP contribution >= 0.6 is 0 Å². The smallest absolute Gasteiger partial charge is 0.194 e. The molecule has 3 nitrogen and oxygen atoms in total. The summed E-state index contributed by atoms with van der Waals surface area (Å²) in [7, 11) is -3.21. The van der Waals surface area contributed by atoms with Gasteiger partial charge in [-0.3, -0.25) is 0 Å². The SMILES string of the molecule is O=S1(=O)C2CCC1CC(O)(Cc1ccc(F)c(F)c1F)C2. The predicted octanol–water partition coefficient (Wildman–Crippen LogP) is 2.12. The molecule has 0 aromatic heterocycles. The van der Waals surface area contributed by atoms with Gasteiger partial charge in [-0.1, -0.05) is 6.07 Å². The summed E-state index contributed by atoms with van der Waals surface area (Å²) in [5, 5.41) is 9.34. The molecule has 116 valence electrons. The maximum Gasteiger partial charge on any atom is 0.194 e. The Morgan fingerprint density at radius 2 is 1.67 bits per heavy atom. The summed E-state index contributed by atoms with van der Waals surface area (Å²) in [6, 6.07) is 1.90. The number of hydrogen-bond donors (Lipinski definition) is 1. The molecular weight excluding hydrogens is 305 g/mol. The number of benzene rings is 1. The standard InChI is InChI=1S/C14H15F3O3S/c15-11-4-1-8(12(16)13(11)17)5-14(18)6-9-2-3-10(7-14)21(9,19)20/h1,4,9-10,18H,2-3,5-7H2. The number of rotatable bonds is 2. The minimum Gasteiger partial charge on any atom is -0.389 e. The molecule has 21 heavy (non-hydrogen) atoms. The van der Waals surface area contributed by atoms with E-state index in [1.807, 2.05) is 0 Å². The minimum absolute atomic E-state index is 0.0181. The van der Waals surface area contributed by atoms with E-state index in [-0.39, 0.29) is 24.8 Å². The first kappa shape index (κ1) is 14.8. The molecule has 2 aliphatic heterocycles. The second-order valence-corrected chi connectivity index (χ2v) is 8.57. The van der Waals surface area contributed by atoms with Gasteiger partial charge in [0, 0.05) is 6.42 Å². The second kappa shape index (κ2) is 4.71. The molecule has 2 unspecified atom stereocenters. The van der Waals surface area contributed by atoms with Crippen LogP contribution in [-0.2, 0) is 16.3 Å². The molecule has 2 aliphatic rings. The van der Waals surface area contributed by atoms with Gasteiger partial charge in [-0.05, 0) is 37.3 Å². The molecule has 1 aromatic rings. The van der Waals surface area contributed by atoms with Gasteiger partial charge in [0.25, 0.3) is 0 Å².